The van der Waals surface area contributed by atoms with E-state index in [1.54, 1.807) is 7.11 Å². The zero-order valence-corrected chi connectivity index (χ0v) is 8.72. The Kier molecular flexibility index (Phi) is 3.18. The normalized spacial score (nSPS) is 10.2. The van der Waals surface area contributed by atoms with Gasteiger partial charge in [0.1, 0.15) is 5.75 Å². The third kappa shape index (κ3) is 2.65. The molecule has 1 rings (SSSR count). The van der Waals surface area contributed by atoms with Gasteiger partial charge in [0.15, 0.2) is 0 Å². The number of benzene rings is 1. The van der Waals surface area contributed by atoms with Crippen LogP contribution in [0.2, 0.25) is 0 Å². The zero-order chi connectivity index (χ0) is 9.84. The van der Waals surface area contributed by atoms with Gasteiger partial charge >= 0.3 is 0 Å². The minimum absolute atomic E-state index is 0.427. The molecule has 72 valence electrons. The van der Waals surface area contributed by atoms with Crippen LogP contribution in [0.15, 0.2) is 18.2 Å². The smallest absolute Gasteiger partial charge is 0.142 e. The summed E-state index contributed by atoms with van der Waals surface area (Å²) >= 11 is 0. The summed E-state index contributed by atoms with van der Waals surface area (Å²) < 4.78 is 5.26. The first-order valence-electron chi connectivity index (χ1n) is 4.54. The minimum Gasteiger partial charge on any atom is -0.495 e. The molecule has 0 aliphatic heterocycles. The van der Waals surface area contributed by atoms with Crippen molar-refractivity contribution in [1.29, 1.82) is 0 Å². The van der Waals surface area contributed by atoms with Crippen molar-refractivity contribution >= 4 is 5.69 Å². The summed E-state index contributed by atoms with van der Waals surface area (Å²) in [6, 6.07) is 6.59. The van der Waals surface area contributed by atoms with E-state index in [4.69, 9.17) is 4.74 Å². The molecule has 0 fully saturated rings. The summed E-state index contributed by atoms with van der Waals surface area (Å²) in [7, 11) is 1.69. The number of hydrogen-bond donors (Lipinski definition) is 1. The second-order valence-electron chi connectivity index (χ2n) is 3.50. The van der Waals surface area contributed by atoms with Crippen LogP contribution in [0, 0.1) is 6.92 Å². The van der Waals surface area contributed by atoms with Crippen molar-refractivity contribution in [2.75, 3.05) is 12.4 Å². The summed E-state index contributed by atoms with van der Waals surface area (Å²) in [4.78, 5) is 0. The molecule has 0 spiro atoms. The van der Waals surface area contributed by atoms with Crippen molar-refractivity contribution in [2.24, 2.45) is 0 Å². The van der Waals surface area contributed by atoms with Gasteiger partial charge in [0.2, 0.25) is 0 Å². The summed E-state index contributed by atoms with van der Waals surface area (Å²) in [6.45, 7) is 6.28. The third-order valence-electron chi connectivity index (χ3n) is 1.80. The molecule has 1 aromatic rings. The van der Waals surface area contributed by atoms with E-state index in [1.165, 1.54) is 5.56 Å². The highest BCUT2D eigenvalue weighted by atomic mass is 16.5. The van der Waals surface area contributed by atoms with E-state index < -0.39 is 0 Å². The van der Waals surface area contributed by atoms with Crippen LogP contribution in [0.25, 0.3) is 0 Å². The molecule has 0 heterocycles. The summed E-state index contributed by atoms with van der Waals surface area (Å²) in [6.07, 6.45) is 0. The number of aryl methyl sites for hydroxylation is 1. The molecule has 1 N–H and O–H groups in total. The van der Waals surface area contributed by atoms with Gasteiger partial charge in [-0.15, -0.1) is 0 Å². The number of rotatable bonds is 3. The Morgan fingerprint density at radius 3 is 2.54 bits per heavy atom. The van der Waals surface area contributed by atoms with E-state index in [-0.39, 0.29) is 0 Å². The van der Waals surface area contributed by atoms with Crippen LogP contribution >= 0.6 is 0 Å². The number of anilines is 1. The van der Waals surface area contributed by atoms with Crippen LogP contribution in [-0.2, 0) is 0 Å². The van der Waals surface area contributed by atoms with Crippen LogP contribution in [0.1, 0.15) is 19.4 Å². The monoisotopic (exact) mass is 179 g/mol. The maximum atomic E-state index is 5.26. The second-order valence-corrected chi connectivity index (χ2v) is 3.50. The Balaban J connectivity index is 2.92. The molecule has 13 heavy (non-hydrogen) atoms. The lowest BCUT2D eigenvalue weighted by molar-refractivity contribution is 0.416. The lowest BCUT2D eigenvalue weighted by atomic mass is 10.2. The molecule has 0 aliphatic carbocycles. The fourth-order valence-electron chi connectivity index (χ4n) is 1.23. The van der Waals surface area contributed by atoms with Crippen LogP contribution in [-0.4, -0.2) is 13.2 Å². The Hall–Kier alpha value is -1.18. The largest absolute Gasteiger partial charge is 0.495 e. The first kappa shape index (κ1) is 9.90. The molecule has 2 heteroatoms. The fourth-order valence-corrected chi connectivity index (χ4v) is 1.23. The van der Waals surface area contributed by atoms with Crippen molar-refractivity contribution in [3.63, 3.8) is 0 Å². The summed E-state index contributed by atoms with van der Waals surface area (Å²) in [5.41, 5.74) is 2.27. The maximum Gasteiger partial charge on any atom is 0.142 e. The van der Waals surface area contributed by atoms with Gasteiger partial charge in [0.05, 0.1) is 12.8 Å². The van der Waals surface area contributed by atoms with Crippen LogP contribution in [0.5, 0.6) is 5.75 Å². The van der Waals surface area contributed by atoms with E-state index in [1.807, 2.05) is 12.1 Å². The Morgan fingerprint density at radius 2 is 2.00 bits per heavy atom. The van der Waals surface area contributed by atoms with Gasteiger partial charge < -0.3 is 10.1 Å². The Labute approximate surface area is 79.9 Å². The highest BCUT2D eigenvalue weighted by Gasteiger charge is 2.03. The quantitative estimate of drug-likeness (QED) is 0.770. The first-order chi connectivity index (χ1) is 6.13. The molecule has 0 saturated carbocycles. The molecule has 0 radical (unpaired) electrons. The van der Waals surface area contributed by atoms with Crippen LogP contribution in [0.4, 0.5) is 5.69 Å². The van der Waals surface area contributed by atoms with Gasteiger partial charge in [0, 0.05) is 6.04 Å². The number of nitrogens with one attached hydrogen (secondary N) is 1. The molecule has 0 aliphatic rings. The molecule has 0 aromatic heterocycles. The van der Waals surface area contributed by atoms with Gasteiger partial charge in [-0.3, -0.25) is 0 Å². The van der Waals surface area contributed by atoms with Crippen molar-refractivity contribution in [3.05, 3.63) is 23.8 Å². The van der Waals surface area contributed by atoms with Crippen LogP contribution < -0.4 is 10.1 Å². The van der Waals surface area contributed by atoms with E-state index in [2.05, 4.69) is 32.2 Å². The van der Waals surface area contributed by atoms with Gasteiger partial charge in [-0.1, -0.05) is 6.07 Å². The highest BCUT2D eigenvalue weighted by Crippen LogP contribution is 2.25. The molecule has 0 unspecified atom stereocenters. The molecular weight excluding hydrogens is 162 g/mol. The van der Waals surface area contributed by atoms with Gasteiger partial charge in [-0.25, -0.2) is 0 Å². The molecule has 0 bridgehead atoms. The van der Waals surface area contributed by atoms with Gasteiger partial charge in [0.25, 0.3) is 0 Å². The SMILES string of the molecule is COc1cc(C)ccc1NC(C)C. The second kappa shape index (κ2) is 4.17. The molecule has 1 aromatic carbocycles. The number of methoxy groups -OCH3 is 1. The Bertz CT molecular complexity index is 281. The van der Waals surface area contributed by atoms with Crippen molar-refractivity contribution < 1.29 is 4.74 Å². The Morgan fingerprint density at radius 1 is 1.31 bits per heavy atom. The molecule has 0 atom stereocenters. The first-order valence-corrected chi connectivity index (χ1v) is 4.54. The van der Waals surface area contributed by atoms with Crippen molar-refractivity contribution in [1.82, 2.24) is 0 Å². The fraction of sp³-hybridized carbons (Fsp3) is 0.455. The minimum atomic E-state index is 0.427. The standard InChI is InChI=1S/C11H17NO/c1-8(2)12-10-6-5-9(3)7-11(10)13-4/h5-8,12H,1-4H3. The average molecular weight is 179 g/mol. The van der Waals surface area contributed by atoms with Crippen molar-refractivity contribution in [3.8, 4) is 5.75 Å². The summed E-state index contributed by atoms with van der Waals surface area (Å²) in [5.74, 6) is 0.911. The molecule has 0 saturated heterocycles. The van der Waals surface area contributed by atoms with E-state index in [0.29, 0.717) is 6.04 Å². The predicted molar refractivity (Wildman–Crippen MR) is 56.5 cm³/mol. The number of hydrogen-bond acceptors (Lipinski definition) is 2. The van der Waals surface area contributed by atoms with Crippen LogP contribution in [0.3, 0.4) is 0 Å². The molecule has 2 nitrogen and oxygen atoms in total. The topological polar surface area (TPSA) is 21.3 Å². The highest BCUT2D eigenvalue weighted by molar-refractivity contribution is 5.57. The molecule has 0 amide bonds. The van der Waals surface area contributed by atoms with E-state index in [0.717, 1.165) is 11.4 Å². The van der Waals surface area contributed by atoms with Gasteiger partial charge in [-0.2, -0.15) is 0 Å². The average Bonchev–Trinajstić information content (AvgIpc) is 2.07. The van der Waals surface area contributed by atoms with E-state index in [9.17, 15) is 0 Å². The number of ether oxygens (including phenoxy) is 1. The van der Waals surface area contributed by atoms with Crippen molar-refractivity contribution in [2.45, 2.75) is 26.8 Å². The van der Waals surface area contributed by atoms with Gasteiger partial charge in [-0.05, 0) is 38.5 Å². The maximum absolute atomic E-state index is 5.26. The predicted octanol–water partition coefficient (Wildman–Crippen LogP) is 2.82. The zero-order valence-electron chi connectivity index (χ0n) is 8.72. The van der Waals surface area contributed by atoms with E-state index >= 15 is 0 Å². The third-order valence-corrected chi connectivity index (χ3v) is 1.80. The lowest BCUT2D eigenvalue weighted by Crippen LogP contribution is -2.10. The lowest BCUT2D eigenvalue weighted by Gasteiger charge is -2.14. The molecular formula is C11H17NO. The summed E-state index contributed by atoms with van der Waals surface area (Å²) in [5, 5.41) is 3.33.